The fourth-order valence-electron chi connectivity index (χ4n) is 2.94. The molecule has 0 spiro atoms. The van der Waals surface area contributed by atoms with Crippen molar-refractivity contribution in [3.05, 3.63) is 71.3 Å². The number of hydrogen-bond donors (Lipinski definition) is 6. The maximum atomic E-state index is 4.62. The molecule has 0 unspecified atom stereocenters. The minimum atomic E-state index is 0. The lowest BCUT2D eigenvalue weighted by Crippen LogP contribution is -1.77. The third-order valence-corrected chi connectivity index (χ3v) is 4.04. The second-order valence-corrected chi connectivity index (χ2v) is 5.91. The number of aromatic nitrogens is 4. The molecule has 3 aromatic rings. The first-order chi connectivity index (χ1) is 11.8. The van der Waals surface area contributed by atoms with Crippen molar-refractivity contribution in [3.8, 4) is 0 Å². The highest BCUT2D eigenvalue weighted by Crippen LogP contribution is 2.17. The van der Waals surface area contributed by atoms with Gasteiger partial charge in [-0.25, -0.2) is 9.97 Å². The zero-order chi connectivity index (χ0) is 15.9. The predicted octanol–water partition coefficient (Wildman–Crippen LogP) is 5.30. The van der Waals surface area contributed by atoms with E-state index in [0.717, 1.165) is 44.8 Å². The van der Waals surface area contributed by atoms with Gasteiger partial charge >= 0.3 is 0 Å². The Morgan fingerprint density at radius 1 is 0.429 bits per heavy atom. The summed E-state index contributed by atoms with van der Waals surface area (Å²) in [6.45, 7) is 0. The zero-order valence-corrected chi connectivity index (χ0v) is 15.7. The van der Waals surface area contributed by atoms with Gasteiger partial charge in [0.15, 0.2) is 0 Å². The lowest BCUT2D eigenvalue weighted by molar-refractivity contribution is 1.28. The van der Waals surface area contributed by atoms with Gasteiger partial charge in [0.2, 0.25) is 0 Å². The van der Waals surface area contributed by atoms with Crippen LogP contribution in [0.15, 0.2) is 48.5 Å². The Labute approximate surface area is 162 Å². The summed E-state index contributed by atoms with van der Waals surface area (Å²) in [6, 6.07) is 16.4. The lowest BCUT2D eigenvalue weighted by atomic mass is 10.3. The molecular formula is C20H26N8. The molecule has 0 amide bonds. The molecule has 0 aliphatic carbocycles. The molecule has 8 bridgehead atoms. The largest absolute Gasteiger partial charge is 0.355 e. The van der Waals surface area contributed by atoms with Gasteiger partial charge in [-0.3, -0.25) is 0 Å². The molecule has 8 nitrogen and oxygen atoms in total. The van der Waals surface area contributed by atoms with Crippen LogP contribution in [0.4, 0.5) is 0 Å². The molecule has 0 aromatic carbocycles. The highest BCUT2D eigenvalue weighted by atomic mass is 14.8. The predicted molar refractivity (Wildman–Crippen MR) is 119 cm³/mol. The average Bonchev–Trinajstić information content (AvgIpc) is 3.32. The van der Waals surface area contributed by atoms with E-state index in [4.69, 9.17) is 0 Å². The van der Waals surface area contributed by atoms with E-state index in [-0.39, 0.29) is 24.6 Å². The first-order valence-corrected chi connectivity index (χ1v) is 7.85. The summed E-state index contributed by atoms with van der Waals surface area (Å²) in [4.78, 5) is 16.0. The summed E-state index contributed by atoms with van der Waals surface area (Å²) in [5, 5.41) is 0. The Morgan fingerprint density at radius 2 is 0.750 bits per heavy atom. The van der Waals surface area contributed by atoms with Crippen LogP contribution < -0.4 is 24.6 Å². The van der Waals surface area contributed by atoms with Crippen LogP contribution in [0, 0.1) is 0 Å². The monoisotopic (exact) mass is 378 g/mol. The molecule has 14 N–H and O–H groups in total. The molecule has 0 atom stereocenters. The summed E-state index contributed by atoms with van der Waals surface area (Å²) in [6.07, 6.45) is 8.05. The summed E-state index contributed by atoms with van der Waals surface area (Å²) in [5.41, 5.74) is 7.86. The Kier molecular flexibility index (Phi) is 7.14. The molecule has 0 fully saturated rings. The molecule has 0 radical (unpaired) electrons. The molecule has 2 aliphatic heterocycles. The van der Waals surface area contributed by atoms with Gasteiger partial charge in [-0.2, -0.15) is 0 Å². The van der Waals surface area contributed by atoms with Crippen molar-refractivity contribution in [2.45, 2.75) is 0 Å². The van der Waals surface area contributed by atoms with Gasteiger partial charge in [-0.1, -0.05) is 0 Å². The molecular weight excluding hydrogens is 352 g/mol. The number of aromatic amines is 2. The molecule has 3 aromatic heterocycles. The number of hydrogen-bond acceptors (Lipinski definition) is 6. The van der Waals surface area contributed by atoms with Crippen LogP contribution in [0.25, 0.3) is 46.4 Å². The van der Waals surface area contributed by atoms with Crippen molar-refractivity contribution in [1.82, 2.24) is 44.5 Å². The summed E-state index contributed by atoms with van der Waals surface area (Å²) < 4.78 is 0. The van der Waals surface area contributed by atoms with Crippen molar-refractivity contribution in [2.24, 2.45) is 0 Å². The van der Waals surface area contributed by atoms with Gasteiger partial charge in [-0.05, 0) is 72.8 Å². The minimum Gasteiger partial charge on any atom is -0.355 e. The van der Waals surface area contributed by atoms with Gasteiger partial charge in [0, 0.05) is 22.1 Å². The minimum absolute atomic E-state index is 0. The summed E-state index contributed by atoms with van der Waals surface area (Å²) in [5.74, 6) is 0. The van der Waals surface area contributed by atoms with Gasteiger partial charge in [0.1, 0.15) is 0 Å². The number of rotatable bonds is 0. The van der Waals surface area contributed by atoms with E-state index < -0.39 is 0 Å². The van der Waals surface area contributed by atoms with Gasteiger partial charge < -0.3 is 34.6 Å². The molecule has 146 valence electrons. The standard InChI is InChI=1S/C20H14N4.4H3N/c1-2-14-10-16-5-6-18(23-16)12-20-8-7-19(24-20)11-17-4-3-15(22-17)9-13(1)21-14;;;;/h1-12,21-22H;4*1H3. The SMILES string of the molecule is C1=Cc2cc3ccc(cc4ccc(cc5nc(cc1n2)C=C5)[nH]4)[nH]3.N.N.N.N. The van der Waals surface area contributed by atoms with E-state index in [1.807, 2.05) is 42.5 Å². The van der Waals surface area contributed by atoms with Crippen LogP contribution >= 0.6 is 0 Å². The van der Waals surface area contributed by atoms with E-state index in [1.165, 1.54) is 0 Å². The van der Waals surface area contributed by atoms with E-state index in [9.17, 15) is 0 Å². The van der Waals surface area contributed by atoms with Crippen LogP contribution in [-0.4, -0.2) is 19.9 Å². The molecule has 8 heteroatoms. The Morgan fingerprint density at radius 3 is 1.14 bits per heavy atom. The summed E-state index contributed by atoms with van der Waals surface area (Å²) in [7, 11) is 0. The third kappa shape index (κ3) is 4.40. The second-order valence-electron chi connectivity index (χ2n) is 5.91. The Bertz CT molecular complexity index is 1080. The number of fused-ring (bicyclic) bond motifs is 8. The van der Waals surface area contributed by atoms with Crippen molar-refractivity contribution < 1.29 is 0 Å². The van der Waals surface area contributed by atoms with Crippen LogP contribution in [0.1, 0.15) is 22.8 Å². The van der Waals surface area contributed by atoms with Crippen LogP contribution in [0.3, 0.4) is 0 Å². The van der Waals surface area contributed by atoms with E-state index in [1.54, 1.807) is 0 Å². The first kappa shape index (κ1) is 22.5. The zero-order valence-electron chi connectivity index (χ0n) is 15.7. The number of H-pyrrole nitrogens is 2. The topological polar surface area (TPSA) is 197 Å². The molecule has 5 rings (SSSR count). The quantitative estimate of drug-likeness (QED) is 0.211. The van der Waals surface area contributed by atoms with Crippen molar-refractivity contribution >= 4 is 46.4 Å². The van der Waals surface area contributed by atoms with Crippen molar-refractivity contribution in [3.63, 3.8) is 0 Å². The van der Waals surface area contributed by atoms with E-state index in [0.29, 0.717) is 0 Å². The van der Waals surface area contributed by atoms with Crippen LogP contribution in [0.2, 0.25) is 0 Å². The van der Waals surface area contributed by atoms with Gasteiger partial charge in [0.05, 0.1) is 22.8 Å². The molecule has 28 heavy (non-hydrogen) atoms. The van der Waals surface area contributed by atoms with Crippen LogP contribution in [-0.2, 0) is 0 Å². The maximum absolute atomic E-state index is 4.62. The smallest absolute Gasteiger partial charge is 0.0659 e. The average molecular weight is 378 g/mol. The maximum Gasteiger partial charge on any atom is 0.0659 e. The molecule has 0 saturated carbocycles. The summed E-state index contributed by atoms with van der Waals surface area (Å²) >= 11 is 0. The normalized spacial score (nSPS) is 10.9. The highest BCUT2D eigenvalue weighted by molar-refractivity contribution is 5.77. The van der Waals surface area contributed by atoms with E-state index >= 15 is 0 Å². The molecule has 5 heterocycles. The Balaban J connectivity index is 0.000000980. The van der Waals surface area contributed by atoms with Gasteiger partial charge in [0.25, 0.3) is 0 Å². The van der Waals surface area contributed by atoms with Gasteiger partial charge in [-0.15, -0.1) is 0 Å². The second kappa shape index (κ2) is 8.89. The number of nitrogens with one attached hydrogen (secondary N) is 2. The number of nitrogens with zero attached hydrogens (tertiary/aromatic N) is 2. The van der Waals surface area contributed by atoms with Crippen LogP contribution in [0.5, 0.6) is 0 Å². The molecule has 2 aliphatic rings. The third-order valence-electron chi connectivity index (χ3n) is 4.04. The fraction of sp³-hybridized carbons (Fsp3) is 0. The van der Waals surface area contributed by atoms with E-state index in [2.05, 4.69) is 50.3 Å². The Hall–Kier alpha value is -3.56. The fourth-order valence-corrected chi connectivity index (χ4v) is 2.94. The first-order valence-electron chi connectivity index (χ1n) is 7.85. The lowest BCUT2D eigenvalue weighted by Gasteiger charge is -1.86. The molecule has 0 saturated heterocycles. The highest BCUT2D eigenvalue weighted by Gasteiger charge is 2.02. The van der Waals surface area contributed by atoms with Crippen molar-refractivity contribution in [1.29, 1.82) is 0 Å². The van der Waals surface area contributed by atoms with Crippen molar-refractivity contribution in [2.75, 3.05) is 0 Å².